The molecule has 1 aromatic heterocycles. The summed E-state index contributed by atoms with van der Waals surface area (Å²) in [7, 11) is 1.13. The Morgan fingerprint density at radius 3 is 2.91 bits per heavy atom. The van der Waals surface area contributed by atoms with Gasteiger partial charge in [0.2, 0.25) is 0 Å². The minimum absolute atomic E-state index is 0.0938. The van der Waals surface area contributed by atoms with Crippen molar-refractivity contribution in [2.75, 3.05) is 12.4 Å². The molecule has 0 saturated carbocycles. The van der Waals surface area contributed by atoms with Crippen LogP contribution in [0.3, 0.4) is 0 Å². The highest BCUT2D eigenvalue weighted by Gasteiger charge is 2.23. The minimum Gasteiger partial charge on any atom is -0.465 e. The third kappa shape index (κ3) is 3.41. The quantitative estimate of drug-likeness (QED) is 0.604. The van der Waals surface area contributed by atoms with Crippen molar-refractivity contribution < 1.29 is 18.3 Å². The monoisotopic (exact) mass is 417 g/mol. The molecule has 0 radical (unpaired) electrons. The number of halogens is 3. The number of methoxy groups -OCH3 is 1. The number of carbonyl (C=O) groups excluding carboxylic acids is 1. The summed E-state index contributed by atoms with van der Waals surface area (Å²) >= 11 is 1.99. The Kier molecular flexibility index (Phi) is 5.07. The molecule has 0 saturated heterocycles. The van der Waals surface area contributed by atoms with Crippen LogP contribution < -0.4 is 5.32 Å². The minimum atomic E-state index is -0.942. The number of nitrogens with zero attached hydrogens (tertiary/aromatic N) is 2. The molecule has 1 heterocycles. The summed E-state index contributed by atoms with van der Waals surface area (Å²) < 4.78 is 32.9. The smallest absolute Gasteiger partial charge is 0.341 e. The lowest BCUT2D eigenvalue weighted by Gasteiger charge is -2.20. The van der Waals surface area contributed by atoms with Gasteiger partial charge in [-0.05, 0) is 41.2 Å². The van der Waals surface area contributed by atoms with Gasteiger partial charge in [-0.15, -0.1) is 0 Å². The highest BCUT2D eigenvalue weighted by Crippen LogP contribution is 2.27. The summed E-state index contributed by atoms with van der Waals surface area (Å²) in [5, 5.41) is 11.5. The van der Waals surface area contributed by atoms with Crippen LogP contribution in [0.1, 0.15) is 22.5 Å². The summed E-state index contributed by atoms with van der Waals surface area (Å²) in [6.07, 6.45) is 3.48. The molecule has 0 aliphatic heterocycles. The highest BCUT2D eigenvalue weighted by molar-refractivity contribution is 14.1. The van der Waals surface area contributed by atoms with Gasteiger partial charge in [-0.2, -0.15) is 5.26 Å². The van der Waals surface area contributed by atoms with Crippen LogP contribution in [0.25, 0.3) is 0 Å². The zero-order chi connectivity index (χ0) is 16.3. The van der Waals surface area contributed by atoms with E-state index in [1.807, 2.05) is 22.6 Å². The summed E-state index contributed by atoms with van der Waals surface area (Å²) in [4.78, 5) is 15.4. The van der Waals surface area contributed by atoms with Gasteiger partial charge in [0, 0.05) is 3.58 Å². The highest BCUT2D eigenvalue weighted by atomic mass is 127. The number of carbonyl (C=O) groups is 1. The molecule has 1 N–H and O–H groups in total. The second-order valence-electron chi connectivity index (χ2n) is 4.37. The van der Waals surface area contributed by atoms with Gasteiger partial charge in [-0.1, -0.05) is 6.08 Å². The van der Waals surface area contributed by atoms with Crippen molar-refractivity contribution in [2.24, 2.45) is 0 Å². The molecular weight excluding hydrogens is 407 g/mol. The van der Waals surface area contributed by atoms with Crippen molar-refractivity contribution >= 4 is 34.4 Å². The van der Waals surface area contributed by atoms with Gasteiger partial charge in [0.25, 0.3) is 0 Å². The Morgan fingerprint density at radius 1 is 1.59 bits per heavy atom. The summed E-state index contributed by atoms with van der Waals surface area (Å²) in [5.74, 6) is -2.30. The number of rotatable bonds is 3. The van der Waals surface area contributed by atoms with Gasteiger partial charge in [-0.3, -0.25) is 0 Å². The molecule has 0 bridgehead atoms. The molecule has 0 amide bonds. The number of pyridine rings is 1. The first-order valence-corrected chi connectivity index (χ1v) is 7.22. The lowest BCUT2D eigenvalue weighted by molar-refractivity contribution is 0.0600. The maximum absolute atomic E-state index is 13.9. The fraction of sp³-hybridized carbons (Fsp3) is 0.214. The predicted molar refractivity (Wildman–Crippen MR) is 83.6 cm³/mol. The molecule has 114 valence electrons. The number of esters is 1. The standard InChI is InChI=1S/C14H10F2IN3O2/c1-22-14(21)8-5-10(16)12(6-18)20-13(8)19-11-3-2-7(17)4-9(11)15/h2,4-5,11H,3H2,1H3,(H,19,20). The van der Waals surface area contributed by atoms with Crippen LogP contribution in [0, 0.1) is 17.1 Å². The maximum atomic E-state index is 13.9. The first kappa shape index (κ1) is 16.4. The van der Waals surface area contributed by atoms with Gasteiger partial charge in [0.15, 0.2) is 11.5 Å². The maximum Gasteiger partial charge on any atom is 0.341 e. The topological polar surface area (TPSA) is 75.0 Å². The van der Waals surface area contributed by atoms with Gasteiger partial charge in [0.1, 0.15) is 23.3 Å². The lowest BCUT2D eigenvalue weighted by atomic mass is 10.1. The van der Waals surface area contributed by atoms with E-state index in [0.29, 0.717) is 6.42 Å². The second kappa shape index (κ2) is 6.83. The van der Waals surface area contributed by atoms with Crippen LogP contribution in [0.2, 0.25) is 0 Å². The van der Waals surface area contributed by atoms with Crippen molar-refractivity contribution in [3.63, 3.8) is 0 Å². The largest absolute Gasteiger partial charge is 0.465 e. The lowest BCUT2D eigenvalue weighted by Crippen LogP contribution is -2.24. The SMILES string of the molecule is COC(=O)c1cc(F)c(C#N)nc1NC1CC=C(I)C=C1F. The van der Waals surface area contributed by atoms with E-state index in [2.05, 4.69) is 15.0 Å². The first-order chi connectivity index (χ1) is 10.5. The van der Waals surface area contributed by atoms with Crippen LogP contribution in [0.15, 0.2) is 27.6 Å². The summed E-state index contributed by atoms with van der Waals surface area (Å²) in [6, 6.07) is 1.68. The Hall–Kier alpha value is -2.02. The van der Waals surface area contributed by atoms with Crippen molar-refractivity contribution in [2.45, 2.75) is 12.5 Å². The predicted octanol–water partition coefficient (Wildman–Crippen LogP) is 3.24. The summed E-state index contributed by atoms with van der Waals surface area (Å²) in [6.45, 7) is 0. The number of allylic oxidation sites excluding steroid dienone is 2. The number of anilines is 1. The van der Waals surface area contributed by atoms with E-state index < -0.39 is 29.3 Å². The third-order valence-electron chi connectivity index (χ3n) is 2.96. The molecule has 1 unspecified atom stereocenters. The zero-order valence-electron chi connectivity index (χ0n) is 11.4. The number of ether oxygens (including phenoxy) is 1. The fourth-order valence-corrected chi connectivity index (χ4v) is 2.42. The van der Waals surface area contributed by atoms with Gasteiger partial charge in [0.05, 0.1) is 13.2 Å². The molecule has 1 atom stereocenters. The second-order valence-corrected chi connectivity index (χ2v) is 5.61. The van der Waals surface area contributed by atoms with E-state index in [1.165, 1.54) is 6.08 Å². The molecule has 0 aromatic carbocycles. The molecule has 2 rings (SSSR count). The van der Waals surface area contributed by atoms with Crippen LogP contribution in [-0.2, 0) is 4.74 Å². The Bertz CT molecular complexity index is 726. The van der Waals surface area contributed by atoms with Gasteiger partial charge < -0.3 is 10.1 Å². The molecule has 1 aliphatic carbocycles. The van der Waals surface area contributed by atoms with Crippen molar-refractivity contribution in [1.29, 1.82) is 5.26 Å². The first-order valence-electron chi connectivity index (χ1n) is 6.14. The van der Waals surface area contributed by atoms with Crippen molar-refractivity contribution in [1.82, 2.24) is 4.98 Å². The van der Waals surface area contributed by atoms with Crippen LogP contribution in [0.4, 0.5) is 14.6 Å². The molecule has 0 fully saturated rings. The number of nitriles is 1. The number of hydrogen-bond donors (Lipinski definition) is 1. The molecular formula is C14H10F2IN3O2. The third-order valence-corrected chi connectivity index (χ3v) is 3.71. The van der Waals surface area contributed by atoms with Crippen molar-refractivity contribution in [3.8, 4) is 6.07 Å². The Balaban J connectivity index is 2.39. The van der Waals surface area contributed by atoms with E-state index in [-0.39, 0.29) is 11.4 Å². The number of aromatic nitrogens is 1. The zero-order valence-corrected chi connectivity index (χ0v) is 13.5. The number of hydrogen-bond acceptors (Lipinski definition) is 5. The Labute approximate surface area is 138 Å². The van der Waals surface area contributed by atoms with E-state index in [1.54, 1.807) is 12.1 Å². The van der Waals surface area contributed by atoms with Crippen LogP contribution >= 0.6 is 22.6 Å². The van der Waals surface area contributed by atoms with E-state index >= 15 is 0 Å². The molecule has 0 spiro atoms. The molecule has 1 aliphatic rings. The van der Waals surface area contributed by atoms with Gasteiger partial charge in [-0.25, -0.2) is 18.6 Å². The van der Waals surface area contributed by atoms with Gasteiger partial charge >= 0.3 is 5.97 Å². The molecule has 5 nitrogen and oxygen atoms in total. The summed E-state index contributed by atoms with van der Waals surface area (Å²) in [5.41, 5.74) is -0.684. The average molecular weight is 417 g/mol. The molecule has 22 heavy (non-hydrogen) atoms. The normalized spacial score (nSPS) is 17.1. The molecule has 1 aromatic rings. The van der Waals surface area contributed by atoms with E-state index in [4.69, 9.17) is 5.26 Å². The average Bonchev–Trinajstić information content (AvgIpc) is 2.50. The van der Waals surface area contributed by atoms with E-state index in [9.17, 15) is 13.6 Å². The number of nitrogens with one attached hydrogen (secondary N) is 1. The van der Waals surface area contributed by atoms with Crippen LogP contribution in [0.5, 0.6) is 0 Å². The fourth-order valence-electron chi connectivity index (χ4n) is 1.87. The van der Waals surface area contributed by atoms with Crippen LogP contribution in [-0.4, -0.2) is 24.1 Å². The Morgan fingerprint density at radius 2 is 2.32 bits per heavy atom. The molecule has 8 heteroatoms. The van der Waals surface area contributed by atoms with E-state index in [0.717, 1.165) is 16.8 Å². The van der Waals surface area contributed by atoms with Crippen molar-refractivity contribution in [3.05, 3.63) is 44.7 Å².